The number of carbonyl (C=O) groups excluding carboxylic acids is 2. The van der Waals surface area contributed by atoms with Crippen LogP contribution in [0.1, 0.15) is 26.2 Å². The van der Waals surface area contributed by atoms with Crippen molar-refractivity contribution in [3.05, 3.63) is 0 Å². The fraction of sp³-hybridized carbons (Fsp3) is 0.769. The van der Waals surface area contributed by atoms with Crippen LogP contribution in [0.3, 0.4) is 0 Å². The Hall–Kier alpha value is -1.83. The van der Waals surface area contributed by atoms with Crippen molar-refractivity contribution in [3.63, 3.8) is 0 Å². The number of rotatable bonds is 3. The van der Waals surface area contributed by atoms with E-state index < -0.39 is 28.9 Å². The first-order valence-corrected chi connectivity index (χ1v) is 6.97. The molecule has 0 aromatic rings. The van der Waals surface area contributed by atoms with Crippen molar-refractivity contribution in [3.8, 4) is 0 Å². The summed E-state index contributed by atoms with van der Waals surface area (Å²) in [7, 11) is 0. The van der Waals surface area contributed by atoms with Crippen LogP contribution in [0.2, 0.25) is 0 Å². The van der Waals surface area contributed by atoms with Gasteiger partial charge in [0.1, 0.15) is 5.54 Å². The van der Waals surface area contributed by atoms with Crippen LogP contribution in [-0.2, 0) is 14.3 Å². The number of hydrogen-bond acceptors (Lipinski definition) is 4. The van der Waals surface area contributed by atoms with E-state index in [2.05, 4.69) is 5.32 Å². The smallest absolute Gasteiger partial charge is 0.329 e. The Kier molecular flexibility index (Phi) is 4.08. The molecule has 2 fully saturated rings. The van der Waals surface area contributed by atoms with Crippen molar-refractivity contribution in [1.29, 1.82) is 0 Å². The van der Waals surface area contributed by atoms with Crippen LogP contribution in [0.5, 0.6) is 0 Å². The molecule has 0 spiro atoms. The third kappa shape index (κ3) is 2.94. The van der Waals surface area contributed by atoms with E-state index in [1.807, 2.05) is 0 Å². The largest absolute Gasteiger partial charge is 0.480 e. The van der Waals surface area contributed by atoms with Crippen molar-refractivity contribution in [2.45, 2.75) is 31.7 Å². The van der Waals surface area contributed by atoms with Gasteiger partial charge in [-0.05, 0) is 13.3 Å². The van der Waals surface area contributed by atoms with Crippen LogP contribution in [0.25, 0.3) is 0 Å². The maximum atomic E-state index is 12.3. The van der Waals surface area contributed by atoms with Crippen molar-refractivity contribution in [2.24, 2.45) is 11.1 Å². The maximum Gasteiger partial charge on any atom is 0.329 e. The zero-order chi connectivity index (χ0) is 15.7. The molecule has 2 aliphatic heterocycles. The number of likely N-dealkylation sites (tertiary alicyclic amines) is 1. The van der Waals surface area contributed by atoms with E-state index in [1.54, 1.807) is 6.92 Å². The van der Waals surface area contributed by atoms with E-state index in [9.17, 15) is 19.5 Å². The van der Waals surface area contributed by atoms with Gasteiger partial charge in [0.25, 0.3) is 0 Å². The second-order valence-electron chi connectivity index (χ2n) is 6.03. The number of hydrogen-bond donors (Lipinski definition) is 3. The summed E-state index contributed by atoms with van der Waals surface area (Å²) in [5.74, 6) is -1.51. The van der Waals surface area contributed by atoms with Gasteiger partial charge in [-0.15, -0.1) is 0 Å². The first-order chi connectivity index (χ1) is 9.79. The summed E-state index contributed by atoms with van der Waals surface area (Å²) < 4.78 is 5.16. The van der Waals surface area contributed by atoms with Crippen LogP contribution < -0.4 is 11.1 Å². The van der Waals surface area contributed by atoms with Gasteiger partial charge in [-0.1, -0.05) is 0 Å². The highest BCUT2D eigenvalue weighted by Crippen LogP contribution is 2.30. The van der Waals surface area contributed by atoms with Gasteiger partial charge in [-0.25, -0.2) is 9.59 Å². The highest BCUT2D eigenvalue weighted by molar-refractivity contribution is 5.87. The Morgan fingerprint density at radius 2 is 1.86 bits per heavy atom. The number of aliphatic carboxylic acids is 1. The van der Waals surface area contributed by atoms with Gasteiger partial charge in [0.05, 0.1) is 5.41 Å². The first kappa shape index (κ1) is 15.6. The minimum Gasteiger partial charge on any atom is -0.480 e. The van der Waals surface area contributed by atoms with Gasteiger partial charge < -0.3 is 25.8 Å². The molecule has 4 N–H and O–H groups in total. The van der Waals surface area contributed by atoms with E-state index in [1.165, 1.54) is 4.90 Å². The highest BCUT2D eigenvalue weighted by atomic mass is 16.5. The number of ether oxygens (including phenoxy) is 1. The number of nitrogens with zero attached hydrogens (tertiary/aromatic N) is 1. The van der Waals surface area contributed by atoms with Crippen LogP contribution in [0.15, 0.2) is 0 Å². The molecule has 21 heavy (non-hydrogen) atoms. The van der Waals surface area contributed by atoms with Crippen molar-refractivity contribution >= 4 is 17.9 Å². The van der Waals surface area contributed by atoms with E-state index in [-0.39, 0.29) is 19.4 Å². The van der Waals surface area contributed by atoms with Gasteiger partial charge in [0.2, 0.25) is 5.91 Å². The molecule has 0 radical (unpaired) electrons. The molecule has 3 amide bonds. The van der Waals surface area contributed by atoms with Crippen LogP contribution in [0, 0.1) is 5.41 Å². The number of carbonyl (C=O) groups is 3. The first-order valence-electron chi connectivity index (χ1n) is 6.97. The lowest BCUT2D eigenvalue weighted by molar-refractivity contribution is -0.148. The summed E-state index contributed by atoms with van der Waals surface area (Å²) in [4.78, 5) is 36.6. The van der Waals surface area contributed by atoms with Crippen molar-refractivity contribution in [2.75, 3.05) is 26.3 Å². The second-order valence-corrected chi connectivity index (χ2v) is 6.03. The Morgan fingerprint density at radius 3 is 2.33 bits per heavy atom. The Balaban J connectivity index is 2.04. The molecule has 118 valence electrons. The Labute approximate surface area is 122 Å². The minimum atomic E-state index is -1.29. The molecule has 2 aliphatic rings. The molecule has 1 unspecified atom stereocenters. The number of carboxylic acids is 1. The van der Waals surface area contributed by atoms with E-state index in [0.29, 0.717) is 26.2 Å². The number of amides is 3. The summed E-state index contributed by atoms with van der Waals surface area (Å²) in [6.07, 6.45) is 0.947. The molecule has 2 rings (SSSR count). The lowest BCUT2D eigenvalue weighted by atomic mass is 9.89. The van der Waals surface area contributed by atoms with Gasteiger partial charge >= 0.3 is 12.0 Å². The van der Waals surface area contributed by atoms with Crippen molar-refractivity contribution in [1.82, 2.24) is 10.2 Å². The number of nitrogens with two attached hydrogens (primary N) is 1. The van der Waals surface area contributed by atoms with Crippen LogP contribution in [0.4, 0.5) is 4.79 Å². The molecule has 0 aromatic carbocycles. The zero-order valence-electron chi connectivity index (χ0n) is 12.1. The number of primary amides is 1. The monoisotopic (exact) mass is 299 g/mol. The molecule has 0 saturated carbocycles. The third-order valence-electron chi connectivity index (χ3n) is 4.46. The molecule has 8 heteroatoms. The predicted molar refractivity (Wildman–Crippen MR) is 72.4 cm³/mol. The maximum absolute atomic E-state index is 12.3. The highest BCUT2D eigenvalue weighted by Gasteiger charge is 2.45. The molecular formula is C13H21N3O5. The topological polar surface area (TPSA) is 122 Å². The van der Waals surface area contributed by atoms with Crippen LogP contribution >= 0.6 is 0 Å². The van der Waals surface area contributed by atoms with Gasteiger partial charge in [-0.2, -0.15) is 0 Å². The molecule has 1 atom stereocenters. The van der Waals surface area contributed by atoms with E-state index in [4.69, 9.17) is 10.5 Å². The fourth-order valence-electron chi connectivity index (χ4n) is 2.73. The summed E-state index contributed by atoms with van der Waals surface area (Å²) in [6, 6.07) is -0.468. The van der Waals surface area contributed by atoms with Gasteiger partial charge in [-0.3, -0.25) is 4.79 Å². The lowest BCUT2D eigenvalue weighted by Gasteiger charge is -2.35. The minimum absolute atomic E-state index is 0.209. The average molecular weight is 299 g/mol. The molecule has 0 aliphatic carbocycles. The molecular weight excluding hydrogens is 278 g/mol. The summed E-state index contributed by atoms with van der Waals surface area (Å²) in [5, 5.41) is 12.0. The SMILES string of the molecule is CC1(C(N)=O)CCN(C(=O)NC2(C(=O)O)CCOCC2)C1. The normalized spacial score (nSPS) is 28.1. The molecule has 8 nitrogen and oxygen atoms in total. The molecule has 0 aromatic heterocycles. The summed E-state index contributed by atoms with van der Waals surface area (Å²) >= 11 is 0. The van der Waals surface area contributed by atoms with Crippen molar-refractivity contribution < 1.29 is 24.2 Å². The third-order valence-corrected chi connectivity index (χ3v) is 4.46. The van der Waals surface area contributed by atoms with Crippen LogP contribution in [-0.4, -0.2) is 59.8 Å². The number of urea groups is 1. The molecule has 2 saturated heterocycles. The summed E-state index contributed by atoms with van der Waals surface area (Å²) in [5.41, 5.74) is 3.31. The van der Waals surface area contributed by atoms with Gasteiger partial charge in [0, 0.05) is 39.1 Å². The van der Waals surface area contributed by atoms with Gasteiger partial charge in [0.15, 0.2) is 0 Å². The molecule has 2 heterocycles. The van der Waals surface area contributed by atoms with E-state index in [0.717, 1.165) is 0 Å². The van der Waals surface area contributed by atoms with E-state index >= 15 is 0 Å². The fourth-order valence-corrected chi connectivity index (χ4v) is 2.73. The second kappa shape index (κ2) is 5.51. The Bertz CT molecular complexity index is 461. The Morgan fingerprint density at radius 1 is 1.24 bits per heavy atom. The summed E-state index contributed by atoms with van der Waals surface area (Å²) in [6.45, 7) is 2.90. The zero-order valence-corrected chi connectivity index (χ0v) is 12.1. The lowest BCUT2D eigenvalue weighted by Crippen LogP contribution is -2.60. The number of nitrogens with one attached hydrogen (secondary N) is 1. The standard InChI is InChI=1S/C13H21N3O5/c1-12(9(14)17)2-5-16(8-12)11(20)15-13(10(18)19)3-6-21-7-4-13/h2-8H2,1H3,(H2,14,17)(H,15,20)(H,18,19). The average Bonchev–Trinajstić information content (AvgIpc) is 2.84. The quantitative estimate of drug-likeness (QED) is 0.650. The molecule has 0 bridgehead atoms. The number of carboxylic acid groups (broad SMARTS) is 1. The predicted octanol–water partition coefficient (Wildman–Crippen LogP) is -0.473.